The number of ether oxygens (including phenoxy) is 1. The molecule has 1 heterocycles. The molecule has 92 valence electrons. The number of carbonyl (C=O) groups is 1. The third-order valence-corrected chi connectivity index (χ3v) is 2.94. The molecule has 1 aromatic rings. The van der Waals surface area contributed by atoms with E-state index in [9.17, 15) is 4.79 Å². The molecule has 0 bridgehead atoms. The van der Waals surface area contributed by atoms with Crippen molar-refractivity contribution in [1.29, 1.82) is 0 Å². The number of hydrazine groups is 1. The Morgan fingerprint density at radius 3 is 2.53 bits per heavy atom. The summed E-state index contributed by atoms with van der Waals surface area (Å²) in [5.41, 5.74) is 0.612. The molecule has 0 aliphatic carbocycles. The molecule has 17 heavy (non-hydrogen) atoms. The average molecular weight is 235 g/mol. The molecule has 5 heteroatoms. The first kappa shape index (κ1) is 11.9. The quantitative estimate of drug-likeness (QED) is 0.750. The first-order chi connectivity index (χ1) is 8.22. The van der Waals surface area contributed by atoms with Crippen molar-refractivity contribution >= 4 is 5.91 Å². The first-order valence-electron chi connectivity index (χ1n) is 5.64. The van der Waals surface area contributed by atoms with Crippen molar-refractivity contribution in [3.63, 3.8) is 0 Å². The molecule has 0 radical (unpaired) electrons. The second-order valence-corrected chi connectivity index (χ2v) is 4.03. The maximum atomic E-state index is 12.3. The molecular formula is C12H17N3O2. The van der Waals surface area contributed by atoms with Crippen LogP contribution in [0.3, 0.4) is 0 Å². The number of amides is 1. The van der Waals surface area contributed by atoms with Crippen LogP contribution >= 0.6 is 0 Å². The van der Waals surface area contributed by atoms with Gasteiger partial charge in [0.15, 0.2) is 0 Å². The van der Waals surface area contributed by atoms with Gasteiger partial charge in [0.1, 0.15) is 5.75 Å². The van der Waals surface area contributed by atoms with Gasteiger partial charge in [0.05, 0.1) is 12.7 Å². The highest BCUT2D eigenvalue weighted by Crippen LogP contribution is 2.19. The van der Waals surface area contributed by atoms with Gasteiger partial charge in [0.2, 0.25) is 0 Å². The van der Waals surface area contributed by atoms with E-state index >= 15 is 0 Å². The van der Waals surface area contributed by atoms with E-state index in [1.54, 1.807) is 29.2 Å². The zero-order chi connectivity index (χ0) is 12.3. The number of carbonyl (C=O) groups excluding carboxylic acids is 1. The zero-order valence-corrected chi connectivity index (χ0v) is 9.93. The van der Waals surface area contributed by atoms with Crippen molar-refractivity contribution in [3.05, 3.63) is 29.8 Å². The summed E-state index contributed by atoms with van der Waals surface area (Å²) in [4.78, 5) is 14.1. The minimum atomic E-state index is 0.00977. The number of methoxy groups -OCH3 is 1. The van der Waals surface area contributed by atoms with Gasteiger partial charge >= 0.3 is 0 Å². The molecule has 1 fully saturated rings. The molecule has 1 saturated heterocycles. The van der Waals surface area contributed by atoms with Gasteiger partial charge in [-0.2, -0.15) is 0 Å². The summed E-state index contributed by atoms with van der Waals surface area (Å²) in [5.74, 6) is 6.29. The Morgan fingerprint density at radius 1 is 1.24 bits per heavy atom. The van der Waals surface area contributed by atoms with Crippen molar-refractivity contribution in [2.75, 3.05) is 33.3 Å². The third-order valence-electron chi connectivity index (χ3n) is 2.94. The van der Waals surface area contributed by atoms with Gasteiger partial charge < -0.3 is 9.64 Å². The fraction of sp³-hybridized carbons (Fsp3) is 0.417. The zero-order valence-electron chi connectivity index (χ0n) is 9.93. The number of nitrogens with zero attached hydrogens (tertiary/aromatic N) is 2. The monoisotopic (exact) mass is 235 g/mol. The highest BCUT2D eigenvalue weighted by molar-refractivity contribution is 5.97. The van der Waals surface area contributed by atoms with E-state index in [-0.39, 0.29) is 5.91 Å². The summed E-state index contributed by atoms with van der Waals surface area (Å²) in [6, 6.07) is 7.28. The predicted octanol–water partition coefficient (Wildman–Crippen LogP) is 0.327. The topological polar surface area (TPSA) is 58.8 Å². The van der Waals surface area contributed by atoms with Crippen molar-refractivity contribution < 1.29 is 9.53 Å². The Morgan fingerprint density at radius 2 is 1.88 bits per heavy atom. The van der Waals surface area contributed by atoms with Gasteiger partial charge in [0.25, 0.3) is 5.91 Å². The van der Waals surface area contributed by atoms with Gasteiger partial charge in [-0.25, -0.2) is 5.01 Å². The Balaban J connectivity index is 2.14. The van der Waals surface area contributed by atoms with Crippen LogP contribution in [0, 0.1) is 0 Å². The molecule has 5 nitrogen and oxygen atoms in total. The SMILES string of the molecule is COc1ccccc1C(=O)N1CCN(N)CC1. The van der Waals surface area contributed by atoms with E-state index in [1.165, 1.54) is 0 Å². The molecule has 0 saturated carbocycles. The van der Waals surface area contributed by atoms with E-state index in [1.807, 2.05) is 12.1 Å². The minimum Gasteiger partial charge on any atom is -0.496 e. The van der Waals surface area contributed by atoms with E-state index in [0.717, 1.165) is 0 Å². The Labute approximate surface area is 101 Å². The summed E-state index contributed by atoms with van der Waals surface area (Å²) in [5, 5.41) is 1.73. The number of rotatable bonds is 2. The van der Waals surface area contributed by atoms with Gasteiger partial charge in [-0.05, 0) is 12.1 Å². The second-order valence-electron chi connectivity index (χ2n) is 4.03. The predicted molar refractivity (Wildman–Crippen MR) is 64.7 cm³/mol. The lowest BCUT2D eigenvalue weighted by Crippen LogP contribution is -2.51. The molecule has 2 rings (SSSR count). The van der Waals surface area contributed by atoms with Crippen LogP contribution in [0.5, 0.6) is 5.75 Å². The normalized spacial score (nSPS) is 16.9. The van der Waals surface area contributed by atoms with Crippen LogP contribution in [-0.2, 0) is 0 Å². The van der Waals surface area contributed by atoms with E-state index in [0.29, 0.717) is 37.5 Å². The Bertz CT molecular complexity index is 400. The molecular weight excluding hydrogens is 218 g/mol. The van der Waals surface area contributed by atoms with Crippen molar-refractivity contribution in [3.8, 4) is 5.75 Å². The molecule has 2 N–H and O–H groups in total. The number of nitrogens with two attached hydrogens (primary N) is 1. The van der Waals surface area contributed by atoms with Crippen LogP contribution in [0.4, 0.5) is 0 Å². The summed E-state index contributed by atoms with van der Waals surface area (Å²) < 4.78 is 5.20. The number of piperazine rings is 1. The molecule has 1 amide bonds. The molecule has 0 unspecified atom stereocenters. The minimum absolute atomic E-state index is 0.00977. The summed E-state index contributed by atoms with van der Waals surface area (Å²) in [6.45, 7) is 2.74. The maximum absolute atomic E-state index is 12.3. The van der Waals surface area contributed by atoms with Crippen LogP contribution in [-0.4, -0.2) is 49.1 Å². The van der Waals surface area contributed by atoms with E-state index in [2.05, 4.69) is 0 Å². The lowest BCUT2D eigenvalue weighted by atomic mass is 10.1. The molecule has 0 spiro atoms. The summed E-state index contributed by atoms with van der Waals surface area (Å²) in [7, 11) is 1.57. The molecule has 1 aliphatic rings. The van der Waals surface area contributed by atoms with Crippen molar-refractivity contribution in [2.24, 2.45) is 5.84 Å². The smallest absolute Gasteiger partial charge is 0.257 e. The fourth-order valence-electron chi connectivity index (χ4n) is 1.92. The standard InChI is InChI=1S/C12H17N3O2/c1-17-11-5-3-2-4-10(11)12(16)14-6-8-15(13)9-7-14/h2-5H,6-9,13H2,1H3. The highest BCUT2D eigenvalue weighted by Gasteiger charge is 2.22. The van der Waals surface area contributed by atoms with E-state index in [4.69, 9.17) is 10.6 Å². The third kappa shape index (κ3) is 2.57. The van der Waals surface area contributed by atoms with Gasteiger partial charge in [0, 0.05) is 26.2 Å². The Hall–Kier alpha value is -1.59. The van der Waals surface area contributed by atoms with E-state index < -0.39 is 0 Å². The van der Waals surface area contributed by atoms with Crippen molar-refractivity contribution in [1.82, 2.24) is 9.91 Å². The van der Waals surface area contributed by atoms with Crippen LogP contribution in [0.1, 0.15) is 10.4 Å². The summed E-state index contributed by atoms with van der Waals surface area (Å²) >= 11 is 0. The lowest BCUT2D eigenvalue weighted by Gasteiger charge is -2.32. The molecule has 1 aliphatic heterocycles. The van der Waals surface area contributed by atoms with Crippen LogP contribution in [0.15, 0.2) is 24.3 Å². The van der Waals surface area contributed by atoms with Gasteiger partial charge in [-0.3, -0.25) is 10.6 Å². The molecule has 0 aromatic heterocycles. The van der Waals surface area contributed by atoms with Crippen LogP contribution < -0.4 is 10.6 Å². The Kier molecular flexibility index (Phi) is 3.61. The fourth-order valence-corrected chi connectivity index (χ4v) is 1.92. The largest absolute Gasteiger partial charge is 0.496 e. The van der Waals surface area contributed by atoms with Crippen LogP contribution in [0.25, 0.3) is 0 Å². The van der Waals surface area contributed by atoms with Gasteiger partial charge in [-0.1, -0.05) is 12.1 Å². The van der Waals surface area contributed by atoms with Crippen molar-refractivity contribution in [2.45, 2.75) is 0 Å². The van der Waals surface area contributed by atoms with Crippen LogP contribution in [0.2, 0.25) is 0 Å². The summed E-state index contributed by atoms with van der Waals surface area (Å²) in [6.07, 6.45) is 0. The number of para-hydroxylation sites is 1. The lowest BCUT2D eigenvalue weighted by molar-refractivity contribution is 0.0635. The first-order valence-corrected chi connectivity index (χ1v) is 5.64. The maximum Gasteiger partial charge on any atom is 0.257 e. The average Bonchev–Trinajstić information content (AvgIpc) is 2.39. The second kappa shape index (κ2) is 5.16. The molecule has 0 atom stereocenters. The number of benzene rings is 1. The highest BCUT2D eigenvalue weighted by atomic mass is 16.5. The number of hydrogen-bond donors (Lipinski definition) is 1. The molecule has 1 aromatic carbocycles. The van der Waals surface area contributed by atoms with Gasteiger partial charge in [-0.15, -0.1) is 0 Å². The number of hydrogen-bond acceptors (Lipinski definition) is 4.